The number of anilines is 1. The second-order valence-electron chi connectivity index (χ2n) is 3.67. The Morgan fingerprint density at radius 1 is 1.58 bits per heavy atom. The van der Waals surface area contributed by atoms with E-state index >= 15 is 0 Å². The molecule has 0 aliphatic heterocycles. The van der Waals surface area contributed by atoms with Crippen LogP contribution in [0.2, 0.25) is 0 Å². The molecular formula is C11H9FN6O. The number of aromatic nitrogens is 4. The number of hydrogen-bond donors (Lipinski definition) is 3. The third-order valence-corrected chi connectivity index (χ3v) is 2.37. The molecule has 0 amide bonds. The molecule has 2 aromatic rings. The molecule has 8 heteroatoms. The Labute approximate surface area is 107 Å². The summed E-state index contributed by atoms with van der Waals surface area (Å²) in [6.45, 7) is 1.67. The average molecular weight is 260 g/mol. The van der Waals surface area contributed by atoms with E-state index in [1.165, 1.54) is 18.3 Å². The molecule has 0 radical (unpaired) electrons. The van der Waals surface area contributed by atoms with Crippen LogP contribution in [0.3, 0.4) is 0 Å². The first-order valence-corrected chi connectivity index (χ1v) is 5.21. The van der Waals surface area contributed by atoms with Gasteiger partial charge in [-0.25, -0.2) is 4.39 Å². The molecule has 0 atom stereocenters. The van der Waals surface area contributed by atoms with Gasteiger partial charge in [0.1, 0.15) is 11.6 Å². The van der Waals surface area contributed by atoms with Gasteiger partial charge in [-0.15, -0.1) is 10.2 Å². The number of nitrogens with one attached hydrogen (secondary N) is 2. The molecule has 0 saturated heterocycles. The number of hydrogen-bond acceptors (Lipinski definition) is 6. The number of nitrogens with zero attached hydrogens (tertiary/aromatic N) is 4. The number of benzene rings is 1. The molecule has 3 N–H and O–H groups in total. The maximum atomic E-state index is 13.1. The minimum atomic E-state index is -0.703. The van der Waals surface area contributed by atoms with Gasteiger partial charge in [-0.3, -0.25) is 0 Å². The summed E-state index contributed by atoms with van der Waals surface area (Å²) < 4.78 is 13.1. The van der Waals surface area contributed by atoms with Crippen LogP contribution in [0.25, 0.3) is 5.57 Å². The number of halogens is 1. The van der Waals surface area contributed by atoms with E-state index in [0.717, 1.165) is 0 Å². The molecule has 2 rings (SSSR count). The highest BCUT2D eigenvalue weighted by Crippen LogP contribution is 2.25. The lowest BCUT2D eigenvalue weighted by Gasteiger charge is -2.07. The molecule has 0 saturated carbocycles. The summed E-state index contributed by atoms with van der Waals surface area (Å²) in [5, 5.41) is 33.9. The Kier molecular flexibility index (Phi) is 3.38. The number of nitriles is 1. The van der Waals surface area contributed by atoms with E-state index in [0.29, 0.717) is 11.3 Å². The topological polar surface area (TPSA) is 111 Å². The van der Waals surface area contributed by atoms with E-state index in [4.69, 9.17) is 5.26 Å². The average Bonchev–Trinajstić information content (AvgIpc) is 2.90. The second kappa shape index (κ2) is 5.14. The summed E-state index contributed by atoms with van der Waals surface area (Å²) in [7, 11) is 0. The van der Waals surface area contributed by atoms with Gasteiger partial charge in [0.2, 0.25) is 5.82 Å². The molecule has 96 valence electrons. The van der Waals surface area contributed by atoms with Crippen molar-refractivity contribution in [2.45, 2.75) is 6.92 Å². The van der Waals surface area contributed by atoms with Crippen molar-refractivity contribution in [1.82, 2.24) is 20.6 Å². The van der Waals surface area contributed by atoms with Crippen molar-refractivity contribution in [2.75, 3.05) is 5.32 Å². The number of rotatable bonds is 3. The molecule has 0 unspecified atom stereocenters. The van der Waals surface area contributed by atoms with Gasteiger partial charge in [0.05, 0.1) is 0 Å². The van der Waals surface area contributed by atoms with Gasteiger partial charge in [-0.2, -0.15) is 10.5 Å². The molecule has 1 aromatic heterocycles. The standard InChI is InChI=1S/C11H9FN6O/c1-6-2-8(12)10(19)3-9(6)14-5-7(4-13)11-15-17-18-16-11/h2-3,5,14,19H,1H3,(H,15,16,17,18). The molecule has 0 aliphatic carbocycles. The number of phenols is 1. The zero-order valence-electron chi connectivity index (χ0n) is 9.85. The zero-order valence-corrected chi connectivity index (χ0v) is 9.85. The van der Waals surface area contributed by atoms with Gasteiger partial charge in [-0.1, -0.05) is 0 Å². The molecule has 0 bridgehead atoms. The number of allylic oxidation sites excluding steroid dienone is 1. The largest absolute Gasteiger partial charge is 0.505 e. The molecule has 0 fully saturated rings. The van der Waals surface area contributed by atoms with Crippen molar-refractivity contribution in [3.05, 3.63) is 35.5 Å². The number of tetrazole rings is 1. The Hall–Kier alpha value is -2.95. The van der Waals surface area contributed by atoms with Crippen LogP contribution in [-0.4, -0.2) is 25.7 Å². The fourth-order valence-corrected chi connectivity index (χ4v) is 1.39. The Bertz CT molecular complexity index is 659. The van der Waals surface area contributed by atoms with Crippen molar-refractivity contribution in [3.8, 4) is 11.8 Å². The summed E-state index contributed by atoms with van der Waals surface area (Å²) in [5.41, 5.74) is 1.20. The fraction of sp³-hybridized carbons (Fsp3) is 0.0909. The van der Waals surface area contributed by atoms with Crippen LogP contribution in [0.4, 0.5) is 10.1 Å². The van der Waals surface area contributed by atoms with Gasteiger partial charge in [0, 0.05) is 18.0 Å². The first-order chi connectivity index (χ1) is 9.11. The van der Waals surface area contributed by atoms with Crippen LogP contribution in [0, 0.1) is 24.1 Å². The Balaban J connectivity index is 2.27. The van der Waals surface area contributed by atoms with E-state index in [9.17, 15) is 9.50 Å². The highest BCUT2D eigenvalue weighted by atomic mass is 19.1. The fourth-order valence-electron chi connectivity index (χ4n) is 1.39. The molecule has 0 aliphatic rings. The summed E-state index contributed by atoms with van der Waals surface area (Å²) in [6.07, 6.45) is 1.35. The minimum absolute atomic E-state index is 0.138. The van der Waals surface area contributed by atoms with Crippen LogP contribution < -0.4 is 5.32 Å². The number of aromatic hydroxyl groups is 1. The van der Waals surface area contributed by atoms with Gasteiger partial charge in [0.25, 0.3) is 0 Å². The normalized spacial score (nSPS) is 11.1. The van der Waals surface area contributed by atoms with Crippen molar-refractivity contribution in [3.63, 3.8) is 0 Å². The number of H-pyrrole nitrogens is 1. The highest BCUT2D eigenvalue weighted by molar-refractivity contribution is 5.74. The lowest BCUT2D eigenvalue weighted by atomic mass is 10.2. The summed E-state index contributed by atoms with van der Waals surface area (Å²) in [6, 6.07) is 4.31. The van der Waals surface area contributed by atoms with Crippen LogP contribution >= 0.6 is 0 Å². The zero-order chi connectivity index (χ0) is 13.8. The number of aryl methyl sites for hydroxylation is 1. The smallest absolute Gasteiger partial charge is 0.216 e. The first-order valence-electron chi connectivity index (χ1n) is 5.21. The van der Waals surface area contributed by atoms with Crippen molar-refractivity contribution in [1.29, 1.82) is 5.26 Å². The third-order valence-electron chi connectivity index (χ3n) is 2.37. The second-order valence-corrected chi connectivity index (χ2v) is 3.67. The van der Waals surface area contributed by atoms with Crippen LogP contribution in [0.1, 0.15) is 11.4 Å². The predicted molar refractivity (Wildman–Crippen MR) is 64.2 cm³/mol. The Morgan fingerprint density at radius 3 is 3.00 bits per heavy atom. The molecular weight excluding hydrogens is 251 g/mol. The SMILES string of the molecule is Cc1cc(F)c(O)cc1NC=C(C#N)c1nn[nH]n1. The minimum Gasteiger partial charge on any atom is -0.505 e. The van der Waals surface area contributed by atoms with Gasteiger partial charge >= 0.3 is 0 Å². The van der Waals surface area contributed by atoms with E-state index in [2.05, 4.69) is 25.9 Å². The molecule has 1 heterocycles. The molecule has 19 heavy (non-hydrogen) atoms. The highest BCUT2D eigenvalue weighted by Gasteiger charge is 2.08. The molecule has 7 nitrogen and oxygen atoms in total. The van der Waals surface area contributed by atoms with E-state index in [-0.39, 0.29) is 11.4 Å². The maximum Gasteiger partial charge on any atom is 0.216 e. The van der Waals surface area contributed by atoms with Crippen molar-refractivity contribution < 1.29 is 9.50 Å². The monoisotopic (exact) mass is 260 g/mol. The van der Waals surface area contributed by atoms with E-state index < -0.39 is 11.6 Å². The van der Waals surface area contributed by atoms with Crippen LogP contribution in [0.5, 0.6) is 5.75 Å². The summed E-state index contributed by atoms with van der Waals surface area (Å²) >= 11 is 0. The van der Waals surface area contributed by atoms with Gasteiger partial charge < -0.3 is 10.4 Å². The molecule has 1 aromatic carbocycles. The lowest BCUT2D eigenvalue weighted by Crippen LogP contribution is -1.95. The van der Waals surface area contributed by atoms with Crippen LogP contribution in [-0.2, 0) is 0 Å². The summed E-state index contributed by atoms with van der Waals surface area (Å²) in [4.78, 5) is 0. The third kappa shape index (κ3) is 2.66. The first kappa shape index (κ1) is 12.5. The number of phenolic OH excluding ortho intramolecular Hbond substituents is 1. The van der Waals surface area contributed by atoms with Crippen LogP contribution in [0.15, 0.2) is 18.3 Å². The predicted octanol–water partition coefficient (Wildman–Crippen LogP) is 1.33. The summed E-state index contributed by atoms with van der Waals surface area (Å²) in [5.74, 6) is -1.04. The van der Waals surface area contributed by atoms with Gasteiger partial charge in [0.15, 0.2) is 11.6 Å². The van der Waals surface area contributed by atoms with Crippen molar-refractivity contribution in [2.24, 2.45) is 0 Å². The lowest BCUT2D eigenvalue weighted by molar-refractivity contribution is 0.432. The van der Waals surface area contributed by atoms with Gasteiger partial charge in [-0.05, 0) is 23.8 Å². The quantitative estimate of drug-likeness (QED) is 0.718. The maximum absolute atomic E-state index is 13.1. The number of aromatic amines is 1. The van der Waals surface area contributed by atoms with Crippen molar-refractivity contribution >= 4 is 11.3 Å². The van der Waals surface area contributed by atoms with E-state index in [1.54, 1.807) is 6.92 Å². The molecule has 0 spiro atoms. The van der Waals surface area contributed by atoms with E-state index in [1.807, 2.05) is 6.07 Å². The Morgan fingerprint density at radius 2 is 2.37 bits per heavy atom.